The Hall–Kier alpha value is -1.44. The van der Waals surface area contributed by atoms with Gasteiger partial charge in [-0.2, -0.15) is 4.98 Å². The molecule has 140 valence electrons. The molecule has 0 aliphatic carbocycles. The summed E-state index contributed by atoms with van der Waals surface area (Å²) in [7, 11) is 0. The molecular weight excluding hydrogens is 363 g/mol. The molecule has 1 fully saturated rings. The first-order chi connectivity index (χ1) is 11.1. The van der Waals surface area contributed by atoms with Crippen molar-refractivity contribution in [3.63, 3.8) is 0 Å². The maximum atomic E-state index is 12.9. The second-order valence-electron chi connectivity index (χ2n) is 6.17. The van der Waals surface area contributed by atoms with Crippen molar-refractivity contribution in [2.75, 3.05) is 19.6 Å². The van der Waals surface area contributed by atoms with Crippen LogP contribution in [0.1, 0.15) is 48.2 Å². The molecule has 1 saturated heterocycles. The van der Waals surface area contributed by atoms with Gasteiger partial charge in [-0.1, -0.05) is 6.92 Å². The third-order valence-corrected chi connectivity index (χ3v) is 4.28. The van der Waals surface area contributed by atoms with Crippen LogP contribution in [0.15, 0.2) is 6.07 Å². The standard InChI is InChI=1S/C16H24N6O.2ClH/c1-4-9-21(13-5-7-17-8-6-13)15(23)14-19-16-18-11(2)10-12(3)22(16)20-14;;/h10,13,17H,4-9H2,1-3H3;2*1H. The molecular formula is C16H26Cl2N6O. The molecule has 0 atom stereocenters. The molecule has 7 nitrogen and oxygen atoms in total. The molecule has 25 heavy (non-hydrogen) atoms. The molecule has 0 aromatic carbocycles. The SMILES string of the molecule is CCCN(C(=O)c1nc2nc(C)cc(C)n2n1)C1CCNCC1.Cl.Cl. The van der Waals surface area contributed by atoms with Gasteiger partial charge in [-0.25, -0.2) is 9.50 Å². The third-order valence-electron chi connectivity index (χ3n) is 4.28. The normalized spacial score (nSPS) is 14.7. The largest absolute Gasteiger partial charge is 0.333 e. The van der Waals surface area contributed by atoms with E-state index in [1.165, 1.54) is 0 Å². The van der Waals surface area contributed by atoms with Gasteiger partial charge in [0.15, 0.2) is 0 Å². The Kier molecular flexibility index (Phi) is 8.05. The number of carbonyl (C=O) groups is 1. The van der Waals surface area contributed by atoms with Gasteiger partial charge in [-0.3, -0.25) is 4.79 Å². The molecule has 1 aliphatic rings. The Morgan fingerprint density at radius 1 is 1.28 bits per heavy atom. The van der Waals surface area contributed by atoms with E-state index in [0.29, 0.717) is 5.78 Å². The monoisotopic (exact) mass is 388 g/mol. The highest BCUT2D eigenvalue weighted by Crippen LogP contribution is 2.16. The Bertz CT molecular complexity index is 714. The summed E-state index contributed by atoms with van der Waals surface area (Å²) < 4.78 is 1.65. The minimum Gasteiger partial charge on any atom is -0.333 e. The lowest BCUT2D eigenvalue weighted by Gasteiger charge is -2.33. The van der Waals surface area contributed by atoms with Crippen LogP contribution in [-0.2, 0) is 0 Å². The van der Waals surface area contributed by atoms with Crippen LogP contribution < -0.4 is 5.32 Å². The van der Waals surface area contributed by atoms with E-state index < -0.39 is 0 Å². The molecule has 0 spiro atoms. The van der Waals surface area contributed by atoms with Crippen molar-refractivity contribution in [3.8, 4) is 0 Å². The van der Waals surface area contributed by atoms with Crippen LogP contribution in [0.3, 0.4) is 0 Å². The zero-order valence-corrected chi connectivity index (χ0v) is 16.5. The van der Waals surface area contributed by atoms with Crippen molar-refractivity contribution in [2.45, 2.75) is 46.1 Å². The van der Waals surface area contributed by atoms with Crippen LogP contribution in [0, 0.1) is 13.8 Å². The number of hydrogen-bond acceptors (Lipinski definition) is 5. The smallest absolute Gasteiger partial charge is 0.293 e. The number of aromatic nitrogens is 4. The van der Waals surface area contributed by atoms with E-state index >= 15 is 0 Å². The van der Waals surface area contributed by atoms with E-state index in [9.17, 15) is 4.79 Å². The predicted octanol–water partition coefficient (Wildman–Crippen LogP) is 2.19. The highest BCUT2D eigenvalue weighted by Gasteiger charge is 2.28. The second kappa shape index (κ2) is 9.31. The number of hydrogen-bond donors (Lipinski definition) is 1. The molecule has 3 rings (SSSR count). The number of fused-ring (bicyclic) bond motifs is 1. The number of nitrogens with one attached hydrogen (secondary N) is 1. The van der Waals surface area contributed by atoms with Gasteiger partial charge in [0.1, 0.15) is 0 Å². The van der Waals surface area contributed by atoms with Crippen LogP contribution in [0.4, 0.5) is 0 Å². The van der Waals surface area contributed by atoms with Crippen LogP contribution in [0.2, 0.25) is 0 Å². The van der Waals surface area contributed by atoms with Gasteiger partial charge in [0.05, 0.1) is 0 Å². The first-order valence-corrected chi connectivity index (χ1v) is 8.33. The highest BCUT2D eigenvalue weighted by atomic mass is 35.5. The van der Waals surface area contributed by atoms with Crippen molar-refractivity contribution in [1.29, 1.82) is 0 Å². The van der Waals surface area contributed by atoms with Crippen molar-refractivity contribution < 1.29 is 4.79 Å². The van der Waals surface area contributed by atoms with Gasteiger partial charge in [0.25, 0.3) is 11.7 Å². The summed E-state index contributed by atoms with van der Waals surface area (Å²) in [6.45, 7) is 8.61. The fourth-order valence-electron chi connectivity index (χ4n) is 3.19. The first-order valence-electron chi connectivity index (χ1n) is 8.33. The quantitative estimate of drug-likeness (QED) is 0.868. The number of amides is 1. The number of piperidine rings is 1. The molecule has 3 heterocycles. The Morgan fingerprint density at radius 3 is 2.60 bits per heavy atom. The number of nitrogens with zero attached hydrogens (tertiary/aromatic N) is 5. The Balaban J connectivity index is 0.00000156. The van der Waals surface area contributed by atoms with Crippen LogP contribution in [-0.4, -0.2) is 56.1 Å². The van der Waals surface area contributed by atoms with E-state index in [0.717, 1.165) is 50.3 Å². The molecule has 9 heteroatoms. The minimum atomic E-state index is -0.0821. The molecule has 0 radical (unpaired) electrons. The molecule has 2 aromatic rings. The lowest BCUT2D eigenvalue weighted by molar-refractivity contribution is 0.0630. The van der Waals surface area contributed by atoms with Gasteiger partial charge < -0.3 is 10.2 Å². The van der Waals surface area contributed by atoms with Gasteiger partial charge in [0.2, 0.25) is 5.82 Å². The third kappa shape index (κ3) is 4.59. The van der Waals surface area contributed by atoms with Crippen LogP contribution >= 0.6 is 24.8 Å². The van der Waals surface area contributed by atoms with E-state index in [1.54, 1.807) is 4.52 Å². The first kappa shape index (κ1) is 21.6. The van der Waals surface area contributed by atoms with Crippen molar-refractivity contribution in [1.82, 2.24) is 29.8 Å². The molecule has 1 N–H and O–H groups in total. The van der Waals surface area contributed by atoms with Crippen molar-refractivity contribution in [3.05, 3.63) is 23.3 Å². The van der Waals surface area contributed by atoms with Gasteiger partial charge in [0, 0.05) is 24.0 Å². The van der Waals surface area contributed by atoms with Crippen molar-refractivity contribution >= 4 is 36.5 Å². The number of halogens is 2. The molecule has 1 aliphatic heterocycles. The topological polar surface area (TPSA) is 75.4 Å². The predicted molar refractivity (Wildman–Crippen MR) is 102 cm³/mol. The number of rotatable bonds is 4. The molecule has 0 unspecified atom stereocenters. The summed E-state index contributed by atoms with van der Waals surface area (Å²) in [5.41, 5.74) is 1.81. The molecule has 0 saturated carbocycles. The van der Waals surface area contributed by atoms with E-state index in [4.69, 9.17) is 0 Å². The van der Waals surface area contributed by atoms with E-state index in [-0.39, 0.29) is 42.6 Å². The summed E-state index contributed by atoms with van der Waals surface area (Å²) in [6.07, 6.45) is 2.89. The number of aryl methyl sites for hydroxylation is 2. The summed E-state index contributed by atoms with van der Waals surface area (Å²) >= 11 is 0. The number of carbonyl (C=O) groups excluding carboxylic acids is 1. The fraction of sp³-hybridized carbons (Fsp3) is 0.625. The van der Waals surface area contributed by atoms with Crippen LogP contribution in [0.25, 0.3) is 5.78 Å². The maximum Gasteiger partial charge on any atom is 0.293 e. The molecule has 2 aromatic heterocycles. The lowest BCUT2D eigenvalue weighted by Crippen LogP contribution is -2.46. The van der Waals surface area contributed by atoms with E-state index in [2.05, 4.69) is 27.3 Å². The zero-order chi connectivity index (χ0) is 16.4. The average Bonchev–Trinajstić information content (AvgIpc) is 2.97. The van der Waals surface area contributed by atoms with Crippen LogP contribution in [0.5, 0.6) is 0 Å². The summed E-state index contributed by atoms with van der Waals surface area (Å²) in [5, 5.41) is 7.73. The lowest BCUT2D eigenvalue weighted by atomic mass is 10.0. The fourth-order valence-corrected chi connectivity index (χ4v) is 3.19. The Labute approximate surface area is 160 Å². The average molecular weight is 389 g/mol. The highest BCUT2D eigenvalue weighted by molar-refractivity contribution is 5.91. The van der Waals surface area contributed by atoms with Gasteiger partial charge >= 0.3 is 0 Å². The summed E-state index contributed by atoms with van der Waals surface area (Å²) in [6, 6.07) is 2.21. The second-order valence-corrected chi connectivity index (χ2v) is 6.17. The summed E-state index contributed by atoms with van der Waals surface area (Å²) in [4.78, 5) is 23.6. The summed E-state index contributed by atoms with van der Waals surface area (Å²) in [5.74, 6) is 0.659. The van der Waals surface area contributed by atoms with E-state index in [1.807, 2.05) is 24.8 Å². The Morgan fingerprint density at radius 2 is 1.96 bits per heavy atom. The molecule has 1 amide bonds. The van der Waals surface area contributed by atoms with Gasteiger partial charge in [-0.05, 0) is 52.3 Å². The molecule has 0 bridgehead atoms. The van der Waals surface area contributed by atoms with Gasteiger partial charge in [-0.15, -0.1) is 29.9 Å². The maximum absolute atomic E-state index is 12.9. The minimum absolute atomic E-state index is 0. The van der Waals surface area contributed by atoms with Crippen molar-refractivity contribution in [2.24, 2.45) is 0 Å². The zero-order valence-electron chi connectivity index (χ0n) is 14.9.